The second kappa shape index (κ2) is 4.67. The van der Waals surface area contributed by atoms with Gasteiger partial charge in [0, 0.05) is 12.5 Å². The molecule has 1 aromatic carbocycles. The molecule has 4 heteroatoms. The molecule has 2 aromatic rings. The van der Waals surface area contributed by atoms with E-state index in [4.69, 9.17) is 4.52 Å². The van der Waals surface area contributed by atoms with E-state index in [0.29, 0.717) is 18.2 Å². The normalized spacial score (nSPS) is 19.6. The van der Waals surface area contributed by atoms with Gasteiger partial charge in [0.25, 0.3) is 0 Å². The van der Waals surface area contributed by atoms with E-state index in [1.165, 1.54) is 5.56 Å². The highest BCUT2D eigenvalue weighted by atomic mass is 16.5. The van der Waals surface area contributed by atoms with Gasteiger partial charge >= 0.3 is 0 Å². The zero-order valence-corrected chi connectivity index (χ0v) is 9.60. The molecular formula is C13H15N3O. The minimum atomic E-state index is 0.420. The fraction of sp³-hybridized carbons (Fsp3) is 0.385. The highest BCUT2D eigenvalue weighted by Crippen LogP contribution is 2.19. The van der Waals surface area contributed by atoms with Gasteiger partial charge in [-0.3, -0.25) is 0 Å². The second-order valence-electron chi connectivity index (χ2n) is 4.40. The van der Waals surface area contributed by atoms with Crippen molar-refractivity contribution in [1.29, 1.82) is 0 Å². The van der Waals surface area contributed by atoms with Crippen LogP contribution in [0.4, 0.5) is 0 Å². The van der Waals surface area contributed by atoms with Crippen LogP contribution in [-0.4, -0.2) is 23.2 Å². The third-order valence-electron chi connectivity index (χ3n) is 3.11. The number of hydrogen-bond donors (Lipinski definition) is 1. The first-order valence-corrected chi connectivity index (χ1v) is 5.99. The zero-order chi connectivity index (χ0) is 11.5. The van der Waals surface area contributed by atoms with Gasteiger partial charge in [0.2, 0.25) is 5.89 Å². The summed E-state index contributed by atoms with van der Waals surface area (Å²) < 4.78 is 5.29. The molecule has 0 saturated carbocycles. The minimum absolute atomic E-state index is 0.420. The van der Waals surface area contributed by atoms with Gasteiger partial charge in [-0.2, -0.15) is 4.98 Å². The van der Waals surface area contributed by atoms with Crippen molar-refractivity contribution in [2.75, 3.05) is 13.1 Å². The van der Waals surface area contributed by atoms with E-state index in [-0.39, 0.29) is 0 Å². The largest absolute Gasteiger partial charge is 0.339 e. The first kappa shape index (κ1) is 10.5. The van der Waals surface area contributed by atoms with Crippen LogP contribution in [0, 0.1) is 0 Å². The van der Waals surface area contributed by atoms with Crippen LogP contribution in [0.15, 0.2) is 34.9 Å². The van der Waals surface area contributed by atoms with E-state index in [2.05, 4.69) is 27.6 Å². The Morgan fingerprint density at radius 1 is 1.29 bits per heavy atom. The summed E-state index contributed by atoms with van der Waals surface area (Å²) >= 11 is 0. The molecule has 1 atom stereocenters. The predicted octanol–water partition coefficient (Wildman–Crippen LogP) is 1.74. The Bertz CT molecular complexity index is 474. The molecule has 88 valence electrons. The van der Waals surface area contributed by atoms with Crippen LogP contribution in [0.2, 0.25) is 0 Å². The maximum Gasteiger partial charge on any atom is 0.231 e. The van der Waals surface area contributed by atoms with Crippen molar-refractivity contribution in [1.82, 2.24) is 15.5 Å². The van der Waals surface area contributed by atoms with Crippen molar-refractivity contribution in [3.63, 3.8) is 0 Å². The highest BCUT2D eigenvalue weighted by Gasteiger charge is 2.21. The molecule has 1 N–H and O–H groups in total. The van der Waals surface area contributed by atoms with Crippen LogP contribution in [0.5, 0.6) is 0 Å². The summed E-state index contributed by atoms with van der Waals surface area (Å²) in [5.74, 6) is 1.97. The molecule has 1 fully saturated rings. The third kappa shape index (κ3) is 2.36. The van der Waals surface area contributed by atoms with E-state index < -0.39 is 0 Å². The fourth-order valence-corrected chi connectivity index (χ4v) is 2.15. The van der Waals surface area contributed by atoms with Crippen molar-refractivity contribution >= 4 is 0 Å². The molecule has 3 rings (SSSR count). The molecule has 1 aromatic heterocycles. The monoisotopic (exact) mass is 229 g/mol. The van der Waals surface area contributed by atoms with Gasteiger partial charge in [-0.1, -0.05) is 35.5 Å². The lowest BCUT2D eigenvalue weighted by Gasteiger charge is -1.98. The van der Waals surface area contributed by atoms with Crippen molar-refractivity contribution in [3.8, 4) is 0 Å². The van der Waals surface area contributed by atoms with E-state index in [9.17, 15) is 0 Å². The molecule has 2 heterocycles. The van der Waals surface area contributed by atoms with Crippen LogP contribution >= 0.6 is 0 Å². The Labute approximate surface area is 100 Å². The maximum absolute atomic E-state index is 5.29. The minimum Gasteiger partial charge on any atom is -0.339 e. The van der Waals surface area contributed by atoms with E-state index in [1.54, 1.807) is 0 Å². The zero-order valence-electron chi connectivity index (χ0n) is 9.60. The van der Waals surface area contributed by atoms with Gasteiger partial charge in [0.15, 0.2) is 5.82 Å². The molecule has 0 unspecified atom stereocenters. The van der Waals surface area contributed by atoms with Crippen LogP contribution in [0.3, 0.4) is 0 Å². The molecule has 0 aliphatic carbocycles. The molecule has 4 nitrogen and oxygen atoms in total. The molecule has 0 bridgehead atoms. The standard InChI is InChI=1S/C13H15N3O/c1-2-4-10(5-3-1)8-12-15-13(16-17-12)11-6-7-14-9-11/h1-5,11,14H,6-9H2/t11-/m1/s1. The summed E-state index contributed by atoms with van der Waals surface area (Å²) in [7, 11) is 0. The maximum atomic E-state index is 5.29. The van der Waals surface area contributed by atoms with Gasteiger partial charge in [-0.25, -0.2) is 0 Å². The molecule has 0 radical (unpaired) electrons. The number of benzene rings is 1. The molecule has 1 saturated heterocycles. The van der Waals surface area contributed by atoms with Crippen LogP contribution in [0.1, 0.15) is 29.6 Å². The Morgan fingerprint density at radius 2 is 2.18 bits per heavy atom. The Hall–Kier alpha value is -1.68. The second-order valence-corrected chi connectivity index (χ2v) is 4.40. The van der Waals surface area contributed by atoms with Crippen molar-refractivity contribution in [3.05, 3.63) is 47.6 Å². The lowest BCUT2D eigenvalue weighted by Crippen LogP contribution is -2.08. The van der Waals surface area contributed by atoms with Crippen LogP contribution in [-0.2, 0) is 6.42 Å². The number of aromatic nitrogens is 2. The first-order chi connectivity index (χ1) is 8.42. The molecule has 0 spiro atoms. The molecule has 0 amide bonds. The molecule has 17 heavy (non-hydrogen) atoms. The summed E-state index contributed by atoms with van der Waals surface area (Å²) in [6.45, 7) is 2.01. The average Bonchev–Trinajstić information content (AvgIpc) is 3.00. The molecular weight excluding hydrogens is 214 g/mol. The summed E-state index contributed by atoms with van der Waals surface area (Å²) in [5, 5.41) is 7.38. The van der Waals surface area contributed by atoms with Gasteiger partial charge in [0.05, 0.1) is 6.42 Å². The van der Waals surface area contributed by atoms with E-state index in [0.717, 1.165) is 25.3 Å². The van der Waals surface area contributed by atoms with Gasteiger partial charge in [-0.15, -0.1) is 0 Å². The SMILES string of the molecule is c1ccc(Cc2nc([C@@H]3CCNC3)no2)cc1. The first-order valence-electron chi connectivity index (χ1n) is 5.99. The summed E-state index contributed by atoms with van der Waals surface area (Å²) in [6, 6.07) is 10.2. The Morgan fingerprint density at radius 3 is 2.94 bits per heavy atom. The number of nitrogens with zero attached hydrogens (tertiary/aromatic N) is 2. The van der Waals surface area contributed by atoms with Crippen molar-refractivity contribution in [2.45, 2.75) is 18.8 Å². The summed E-state index contributed by atoms with van der Waals surface area (Å²) in [6.07, 6.45) is 1.82. The fourth-order valence-electron chi connectivity index (χ4n) is 2.15. The summed E-state index contributed by atoms with van der Waals surface area (Å²) in [4.78, 5) is 4.47. The van der Waals surface area contributed by atoms with Crippen LogP contribution < -0.4 is 5.32 Å². The molecule has 1 aliphatic heterocycles. The Kier molecular flexibility index (Phi) is 2.88. The smallest absolute Gasteiger partial charge is 0.231 e. The topological polar surface area (TPSA) is 51.0 Å². The van der Waals surface area contributed by atoms with Gasteiger partial charge < -0.3 is 9.84 Å². The van der Waals surface area contributed by atoms with Crippen molar-refractivity contribution in [2.24, 2.45) is 0 Å². The quantitative estimate of drug-likeness (QED) is 0.871. The van der Waals surface area contributed by atoms with Gasteiger partial charge in [0.1, 0.15) is 0 Å². The average molecular weight is 229 g/mol. The Balaban J connectivity index is 1.72. The third-order valence-corrected chi connectivity index (χ3v) is 3.11. The van der Waals surface area contributed by atoms with E-state index >= 15 is 0 Å². The van der Waals surface area contributed by atoms with Gasteiger partial charge in [-0.05, 0) is 18.5 Å². The summed E-state index contributed by atoms with van der Waals surface area (Å²) in [5.41, 5.74) is 1.20. The highest BCUT2D eigenvalue weighted by molar-refractivity contribution is 5.18. The van der Waals surface area contributed by atoms with E-state index in [1.807, 2.05) is 18.2 Å². The number of rotatable bonds is 3. The lowest BCUT2D eigenvalue weighted by molar-refractivity contribution is 0.376. The predicted molar refractivity (Wildman–Crippen MR) is 63.8 cm³/mol. The van der Waals surface area contributed by atoms with Crippen LogP contribution in [0.25, 0.3) is 0 Å². The molecule has 1 aliphatic rings. The number of hydrogen-bond acceptors (Lipinski definition) is 4. The number of nitrogens with one attached hydrogen (secondary N) is 1. The van der Waals surface area contributed by atoms with Crippen molar-refractivity contribution < 1.29 is 4.52 Å². The lowest BCUT2D eigenvalue weighted by atomic mass is 10.1.